The highest BCUT2D eigenvalue weighted by molar-refractivity contribution is 6.32. The van der Waals surface area contributed by atoms with Crippen molar-refractivity contribution in [2.24, 2.45) is 0 Å². The van der Waals surface area contributed by atoms with Gasteiger partial charge in [0.15, 0.2) is 16.3 Å². The number of nitrogens with zero attached hydrogens (tertiary/aromatic N) is 3. The van der Waals surface area contributed by atoms with Crippen molar-refractivity contribution >= 4 is 32.7 Å². The van der Waals surface area contributed by atoms with Crippen molar-refractivity contribution in [3.8, 4) is 22.8 Å². The van der Waals surface area contributed by atoms with Gasteiger partial charge in [-0.25, -0.2) is 14.6 Å². The Kier molecular flexibility index (Phi) is 5.60. The smallest absolute Gasteiger partial charge is 0.338 e. The molecule has 27 heavy (non-hydrogen) atoms. The minimum Gasteiger partial charge on any atom is -0.465 e. The molecule has 132 valence electrons. The average molecular weight is 375 g/mol. The summed E-state index contributed by atoms with van der Waals surface area (Å²) in [6.07, 6.45) is 3.16. The van der Waals surface area contributed by atoms with E-state index in [-0.39, 0.29) is 0 Å². The highest BCUT2D eigenvalue weighted by atomic mass is 27.0. The largest absolute Gasteiger partial charge is 0.465 e. The molecule has 0 N–H and O–H groups in total. The van der Waals surface area contributed by atoms with E-state index in [2.05, 4.69) is 31.2 Å². The summed E-state index contributed by atoms with van der Waals surface area (Å²) in [5, 5.41) is 0. The van der Waals surface area contributed by atoms with Gasteiger partial charge in [-0.15, -0.1) is 4.43 Å². The summed E-state index contributed by atoms with van der Waals surface area (Å²) >= 11 is 2.56. The third-order valence-electron chi connectivity index (χ3n) is 3.74. The molecule has 0 amide bonds. The number of ether oxygens (including phenoxy) is 2. The molecule has 0 saturated carbocycles. The Bertz CT molecular complexity index is 1010. The van der Waals surface area contributed by atoms with Crippen LogP contribution in [0.1, 0.15) is 20.7 Å². The summed E-state index contributed by atoms with van der Waals surface area (Å²) in [5.41, 5.74) is 2.56. The molecule has 3 heterocycles. The van der Waals surface area contributed by atoms with Crippen molar-refractivity contribution < 1.29 is 19.1 Å². The molecule has 3 aromatic heterocycles. The lowest BCUT2D eigenvalue weighted by Crippen LogP contribution is -2.06. The Morgan fingerprint density at radius 2 is 1.44 bits per heavy atom. The van der Waals surface area contributed by atoms with Crippen LogP contribution in [0.3, 0.4) is 0 Å². The van der Waals surface area contributed by atoms with Gasteiger partial charge in [0.25, 0.3) is 0 Å². The normalized spacial score (nSPS) is 10.3. The average Bonchev–Trinajstić information content (AvgIpc) is 2.72. The number of hydrogen-bond acceptors (Lipinski definition) is 7. The molecular weight excluding hydrogens is 361 g/mol. The van der Waals surface area contributed by atoms with Crippen LogP contribution < -0.4 is 4.43 Å². The van der Waals surface area contributed by atoms with E-state index in [4.69, 9.17) is 9.47 Å². The molecule has 0 atom stereocenters. The van der Waals surface area contributed by atoms with Gasteiger partial charge in [0.2, 0.25) is 0 Å². The molecule has 0 aliphatic rings. The minimum atomic E-state index is -0.508. The predicted octanol–water partition coefficient (Wildman–Crippen LogP) is 1.57. The van der Waals surface area contributed by atoms with Crippen molar-refractivity contribution in [3.05, 3.63) is 59.9 Å². The first-order valence-corrected chi connectivity index (χ1v) is 8.46. The quantitative estimate of drug-likeness (QED) is 0.505. The maximum atomic E-state index is 12.1. The van der Waals surface area contributed by atoms with Crippen LogP contribution >= 0.6 is 0 Å². The molecule has 3 aromatic rings. The SMILES string of the molecule is COC(=O)c1ccnc(-c2cc(C(=O)OC)cc(-c3cc[c]([Al])cn3)n2)c1. The van der Waals surface area contributed by atoms with Gasteiger partial charge in [0, 0.05) is 12.4 Å². The number of carbonyl (C=O) groups excluding carboxylic acids is 2. The monoisotopic (exact) mass is 375 g/mol. The number of methoxy groups -OCH3 is 2. The Balaban J connectivity index is 2.15. The van der Waals surface area contributed by atoms with Crippen molar-refractivity contribution in [1.29, 1.82) is 0 Å². The third kappa shape index (κ3) is 4.19. The molecule has 0 fully saturated rings. The third-order valence-corrected chi connectivity index (χ3v) is 4.08. The molecule has 2 radical (unpaired) electrons. The Labute approximate surface area is 163 Å². The fourth-order valence-corrected chi connectivity index (χ4v) is 2.57. The Hall–Kier alpha value is -3.08. The van der Waals surface area contributed by atoms with Crippen LogP contribution in [0.5, 0.6) is 0 Å². The van der Waals surface area contributed by atoms with Crippen LogP contribution in [0.15, 0.2) is 48.8 Å². The van der Waals surface area contributed by atoms with Crippen molar-refractivity contribution in [2.45, 2.75) is 0 Å². The number of carbonyl (C=O) groups is 2. The topological polar surface area (TPSA) is 91.3 Å². The molecule has 0 saturated heterocycles. The van der Waals surface area contributed by atoms with Gasteiger partial charge in [-0.3, -0.25) is 9.97 Å². The fourth-order valence-electron chi connectivity index (χ4n) is 2.40. The van der Waals surface area contributed by atoms with E-state index in [1.54, 1.807) is 36.5 Å². The van der Waals surface area contributed by atoms with Crippen molar-refractivity contribution in [1.82, 2.24) is 15.0 Å². The molecule has 0 spiro atoms. The Morgan fingerprint density at radius 3 is 2.07 bits per heavy atom. The molecule has 0 aliphatic carbocycles. The summed E-state index contributed by atoms with van der Waals surface area (Å²) in [5.74, 6) is -0.993. The van der Waals surface area contributed by atoms with Gasteiger partial charge in [0.05, 0.1) is 48.1 Å². The van der Waals surface area contributed by atoms with Gasteiger partial charge in [0.1, 0.15) is 0 Å². The highest BCUT2D eigenvalue weighted by Crippen LogP contribution is 2.23. The number of rotatable bonds is 4. The molecule has 0 aromatic carbocycles. The molecule has 0 aliphatic heterocycles. The van der Waals surface area contributed by atoms with E-state index in [9.17, 15) is 9.59 Å². The number of pyridine rings is 3. The lowest BCUT2D eigenvalue weighted by molar-refractivity contribution is 0.0591. The van der Waals surface area contributed by atoms with E-state index in [1.807, 2.05) is 6.07 Å². The van der Waals surface area contributed by atoms with Crippen LogP contribution in [0.2, 0.25) is 0 Å². The molecule has 0 bridgehead atoms. The van der Waals surface area contributed by atoms with Gasteiger partial charge in [-0.2, -0.15) is 0 Å². The summed E-state index contributed by atoms with van der Waals surface area (Å²) in [6.45, 7) is 0. The fraction of sp³-hybridized carbons (Fsp3) is 0.105. The molecule has 0 unspecified atom stereocenters. The van der Waals surface area contributed by atoms with Crippen molar-refractivity contribution in [3.63, 3.8) is 0 Å². The van der Waals surface area contributed by atoms with E-state index >= 15 is 0 Å². The summed E-state index contributed by atoms with van der Waals surface area (Å²) in [7, 11) is 2.61. The molecule has 8 heteroatoms. The zero-order valence-corrected chi connectivity index (χ0v) is 15.8. The molecule has 3 rings (SSSR count). The molecule has 7 nitrogen and oxygen atoms in total. The number of hydrogen-bond donors (Lipinski definition) is 0. The lowest BCUT2D eigenvalue weighted by atomic mass is 10.1. The zero-order valence-electron chi connectivity index (χ0n) is 14.7. The Morgan fingerprint density at radius 1 is 0.815 bits per heavy atom. The van der Waals surface area contributed by atoms with E-state index < -0.39 is 11.9 Å². The van der Waals surface area contributed by atoms with E-state index in [0.717, 1.165) is 4.43 Å². The van der Waals surface area contributed by atoms with Crippen LogP contribution in [0.25, 0.3) is 22.8 Å². The van der Waals surface area contributed by atoms with Crippen molar-refractivity contribution in [2.75, 3.05) is 14.2 Å². The maximum Gasteiger partial charge on any atom is 0.338 e. The summed E-state index contributed by atoms with van der Waals surface area (Å²) in [4.78, 5) is 37.0. The van der Waals surface area contributed by atoms with Crippen LogP contribution in [0, 0.1) is 0 Å². The van der Waals surface area contributed by atoms with Gasteiger partial charge < -0.3 is 9.47 Å². The maximum absolute atomic E-state index is 12.1. The predicted molar refractivity (Wildman–Crippen MR) is 98.8 cm³/mol. The second-order valence-corrected chi connectivity index (χ2v) is 6.18. The summed E-state index contributed by atoms with van der Waals surface area (Å²) in [6, 6.07) is 9.92. The number of esters is 2. The van der Waals surface area contributed by atoms with Crippen LogP contribution in [-0.2, 0) is 9.47 Å². The van der Waals surface area contributed by atoms with Gasteiger partial charge in [-0.05, 0) is 30.3 Å². The van der Waals surface area contributed by atoms with E-state index in [0.29, 0.717) is 33.9 Å². The van der Waals surface area contributed by atoms with Gasteiger partial charge in [-0.1, -0.05) is 6.07 Å². The van der Waals surface area contributed by atoms with E-state index in [1.165, 1.54) is 20.4 Å². The highest BCUT2D eigenvalue weighted by Gasteiger charge is 2.15. The molecular formula is C19H14AlN3O4. The van der Waals surface area contributed by atoms with Crippen LogP contribution in [0.4, 0.5) is 0 Å². The minimum absolute atomic E-state index is 0.305. The second kappa shape index (κ2) is 8.08. The first-order chi connectivity index (χ1) is 13.0. The zero-order chi connectivity index (χ0) is 19.4. The first-order valence-electron chi connectivity index (χ1n) is 7.89. The standard InChI is InChI=1S/C19H14N3O4.Al/c1-25-18(23)12-6-8-21-15(9-12)17-11-13(19(24)26-2)10-16(22-17)14-5-3-4-7-20-14;/h3,5-11H,1-2H3;. The first kappa shape index (κ1) is 18.7. The second-order valence-electron chi connectivity index (χ2n) is 5.52. The van der Waals surface area contributed by atoms with Crippen LogP contribution in [-0.4, -0.2) is 57.4 Å². The van der Waals surface area contributed by atoms with Gasteiger partial charge >= 0.3 is 11.9 Å². The number of aromatic nitrogens is 3. The summed E-state index contributed by atoms with van der Waals surface area (Å²) < 4.78 is 10.5. The lowest BCUT2D eigenvalue weighted by Gasteiger charge is -2.09.